The minimum Gasteiger partial charge on any atom is -0.354 e. The molecule has 0 spiro atoms. The van der Waals surface area contributed by atoms with Gasteiger partial charge in [0, 0.05) is 58.2 Å². The fourth-order valence-electron chi connectivity index (χ4n) is 4.97. The van der Waals surface area contributed by atoms with Crippen molar-refractivity contribution in [3.8, 4) is 5.69 Å². The third-order valence-corrected chi connectivity index (χ3v) is 6.75. The van der Waals surface area contributed by atoms with Crippen molar-refractivity contribution in [3.05, 3.63) is 72.7 Å². The van der Waals surface area contributed by atoms with Crippen molar-refractivity contribution < 1.29 is 4.79 Å². The first-order valence-electron chi connectivity index (χ1n) is 12.0. The standard InChI is InChI=1S/C26H32N6O/c33-26(17-23-18-28-32(21-23)24-8-2-1-3-9-24)31-12-6-7-22(20-31)19-29-13-15-30(16-14-29)25-10-4-5-11-27-25/h1-5,8-11,18,21-22H,6-7,12-17,19-20H2. The highest BCUT2D eigenvalue weighted by Gasteiger charge is 2.27. The summed E-state index contributed by atoms with van der Waals surface area (Å²) in [6, 6.07) is 16.1. The Kier molecular flexibility index (Phi) is 6.67. The minimum atomic E-state index is 0.215. The molecule has 0 N–H and O–H groups in total. The van der Waals surface area contributed by atoms with Gasteiger partial charge in [-0.25, -0.2) is 9.67 Å². The Morgan fingerprint density at radius 2 is 1.79 bits per heavy atom. The first-order valence-corrected chi connectivity index (χ1v) is 12.0. The van der Waals surface area contributed by atoms with Crippen molar-refractivity contribution in [3.63, 3.8) is 0 Å². The van der Waals surface area contributed by atoms with Gasteiger partial charge in [0.05, 0.1) is 18.3 Å². The number of carbonyl (C=O) groups excluding carboxylic acids is 1. The van der Waals surface area contributed by atoms with E-state index in [0.717, 1.165) is 69.3 Å². The molecule has 1 atom stereocenters. The van der Waals surface area contributed by atoms with Crippen molar-refractivity contribution in [1.82, 2.24) is 24.6 Å². The molecule has 2 fully saturated rings. The van der Waals surface area contributed by atoms with Gasteiger partial charge >= 0.3 is 0 Å². The summed E-state index contributed by atoms with van der Waals surface area (Å²) in [4.78, 5) is 24.5. The molecule has 7 nitrogen and oxygen atoms in total. The van der Waals surface area contributed by atoms with E-state index in [1.54, 1.807) is 0 Å². The van der Waals surface area contributed by atoms with Gasteiger partial charge in [0.25, 0.3) is 0 Å². The number of carbonyl (C=O) groups is 1. The van der Waals surface area contributed by atoms with Crippen LogP contribution in [0.3, 0.4) is 0 Å². The molecule has 7 heteroatoms. The molecule has 2 aliphatic rings. The monoisotopic (exact) mass is 444 g/mol. The Bertz CT molecular complexity index is 1030. The molecule has 1 aromatic carbocycles. The van der Waals surface area contributed by atoms with Gasteiger partial charge in [0.1, 0.15) is 5.82 Å². The summed E-state index contributed by atoms with van der Waals surface area (Å²) >= 11 is 0. The predicted octanol–water partition coefficient (Wildman–Crippen LogP) is 2.87. The van der Waals surface area contributed by atoms with Crippen LogP contribution in [0.1, 0.15) is 18.4 Å². The summed E-state index contributed by atoms with van der Waals surface area (Å²) in [5.74, 6) is 1.84. The summed E-state index contributed by atoms with van der Waals surface area (Å²) in [6.45, 7) is 6.95. The molecular weight excluding hydrogens is 412 g/mol. The fourth-order valence-corrected chi connectivity index (χ4v) is 4.97. The molecule has 5 rings (SSSR count). The van der Waals surface area contributed by atoms with Crippen LogP contribution in [0.4, 0.5) is 5.82 Å². The number of benzene rings is 1. The number of pyridine rings is 1. The van der Waals surface area contributed by atoms with Gasteiger partial charge in [-0.3, -0.25) is 9.69 Å². The van der Waals surface area contributed by atoms with Gasteiger partial charge in [0.15, 0.2) is 0 Å². The van der Waals surface area contributed by atoms with Crippen LogP contribution in [0.15, 0.2) is 67.1 Å². The molecule has 1 unspecified atom stereocenters. The second-order valence-electron chi connectivity index (χ2n) is 9.13. The number of anilines is 1. The minimum absolute atomic E-state index is 0.215. The number of likely N-dealkylation sites (tertiary alicyclic amines) is 1. The zero-order valence-electron chi connectivity index (χ0n) is 19.1. The molecule has 0 saturated carbocycles. The van der Waals surface area contributed by atoms with E-state index in [1.807, 2.05) is 59.7 Å². The lowest BCUT2D eigenvalue weighted by atomic mass is 9.96. The number of nitrogens with zero attached hydrogens (tertiary/aromatic N) is 6. The van der Waals surface area contributed by atoms with E-state index in [9.17, 15) is 4.79 Å². The molecule has 0 bridgehead atoms. The van der Waals surface area contributed by atoms with E-state index < -0.39 is 0 Å². The topological polar surface area (TPSA) is 57.5 Å². The maximum atomic E-state index is 13.0. The Morgan fingerprint density at radius 1 is 0.970 bits per heavy atom. The van der Waals surface area contributed by atoms with Crippen molar-refractivity contribution in [1.29, 1.82) is 0 Å². The number of hydrogen-bond acceptors (Lipinski definition) is 5. The van der Waals surface area contributed by atoms with Crippen LogP contribution in [-0.4, -0.2) is 76.3 Å². The smallest absolute Gasteiger partial charge is 0.227 e. The van der Waals surface area contributed by atoms with Crippen molar-refractivity contribution in [2.75, 3.05) is 50.7 Å². The maximum absolute atomic E-state index is 13.0. The largest absolute Gasteiger partial charge is 0.354 e. The molecule has 33 heavy (non-hydrogen) atoms. The fraction of sp³-hybridized carbons (Fsp3) is 0.423. The molecule has 2 aromatic heterocycles. The predicted molar refractivity (Wildman–Crippen MR) is 129 cm³/mol. The van der Waals surface area contributed by atoms with Crippen molar-refractivity contribution in [2.24, 2.45) is 5.92 Å². The van der Waals surface area contributed by atoms with E-state index >= 15 is 0 Å². The summed E-state index contributed by atoms with van der Waals surface area (Å²) in [6.07, 6.45) is 8.36. The number of aromatic nitrogens is 3. The van der Waals surface area contributed by atoms with Crippen molar-refractivity contribution >= 4 is 11.7 Å². The normalized spacial score (nSPS) is 19.6. The molecule has 0 radical (unpaired) electrons. The molecule has 4 heterocycles. The van der Waals surface area contributed by atoms with Crippen LogP contribution < -0.4 is 4.90 Å². The van der Waals surface area contributed by atoms with Crippen LogP contribution >= 0.6 is 0 Å². The number of amides is 1. The lowest BCUT2D eigenvalue weighted by molar-refractivity contribution is -0.132. The third kappa shape index (κ3) is 5.42. The van der Waals surface area contributed by atoms with Gasteiger partial charge in [-0.2, -0.15) is 5.10 Å². The SMILES string of the molecule is O=C(Cc1cnn(-c2ccccc2)c1)N1CCCC(CN2CCN(c3ccccn3)CC2)C1. The van der Waals surface area contributed by atoms with Crippen LogP contribution in [0.2, 0.25) is 0 Å². The first-order chi connectivity index (χ1) is 16.2. The summed E-state index contributed by atoms with van der Waals surface area (Å²) < 4.78 is 1.84. The molecular formula is C26H32N6O. The third-order valence-electron chi connectivity index (χ3n) is 6.75. The molecule has 1 amide bonds. The van der Waals surface area contributed by atoms with Crippen LogP contribution in [-0.2, 0) is 11.2 Å². The summed E-state index contributed by atoms with van der Waals surface area (Å²) in [5.41, 5.74) is 1.98. The van der Waals surface area contributed by atoms with Crippen molar-refractivity contribution in [2.45, 2.75) is 19.3 Å². The second kappa shape index (κ2) is 10.2. The van der Waals surface area contributed by atoms with Gasteiger partial charge < -0.3 is 9.80 Å². The Morgan fingerprint density at radius 3 is 2.58 bits per heavy atom. The van der Waals surface area contributed by atoms with E-state index in [4.69, 9.17) is 0 Å². The molecule has 2 aliphatic heterocycles. The first kappa shape index (κ1) is 21.6. The summed E-state index contributed by atoms with van der Waals surface area (Å²) in [7, 11) is 0. The van der Waals surface area contributed by atoms with Crippen LogP contribution in [0.5, 0.6) is 0 Å². The Labute approximate surface area is 195 Å². The number of rotatable bonds is 6. The molecule has 2 saturated heterocycles. The average molecular weight is 445 g/mol. The zero-order chi connectivity index (χ0) is 22.5. The van der Waals surface area contributed by atoms with E-state index in [-0.39, 0.29) is 5.91 Å². The molecule has 0 aliphatic carbocycles. The Hall–Kier alpha value is -3.19. The number of hydrogen-bond donors (Lipinski definition) is 0. The van der Waals surface area contributed by atoms with Gasteiger partial charge in [-0.05, 0) is 48.6 Å². The van der Waals surface area contributed by atoms with Gasteiger partial charge in [-0.15, -0.1) is 0 Å². The van der Waals surface area contributed by atoms with E-state index in [2.05, 4.69) is 36.9 Å². The van der Waals surface area contributed by atoms with Gasteiger partial charge in [0.2, 0.25) is 5.91 Å². The Balaban J connectivity index is 1.11. The lowest BCUT2D eigenvalue weighted by Crippen LogP contribution is -2.50. The van der Waals surface area contributed by atoms with Gasteiger partial charge in [-0.1, -0.05) is 24.3 Å². The second-order valence-corrected chi connectivity index (χ2v) is 9.13. The average Bonchev–Trinajstić information content (AvgIpc) is 3.34. The highest BCUT2D eigenvalue weighted by atomic mass is 16.2. The van der Waals surface area contributed by atoms with Crippen LogP contribution in [0.25, 0.3) is 5.69 Å². The highest BCUT2D eigenvalue weighted by Crippen LogP contribution is 2.21. The number of para-hydroxylation sites is 1. The molecule has 3 aromatic rings. The molecule has 172 valence electrons. The number of piperazine rings is 1. The zero-order valence-corrected chi connectivity index (χ0v) is 19.1. The number of piperidine rings is 1. The van der Waals surface area contributed by atoms with E-state index in [0.29, 0.717) is 12.3 Å². The highest BCUT2D eigenvalue weighted by molar-refractivity contribution is 5.78. The van der Waals surface area contributed by atoms with E-state index in [1.165, 1.54) is 6.42 Å². The summed E-state index contributed by atoms with van der Waals surface area (Å²) in [5, 5.41) is 4.44. The maximum Gasteiger partial charge on any atom is 0.227 e. The quantitative estimate of drug-likeness (QED) is 0.585. The van der Waals surface area contributed by atoms with Crippen LogP contribution in [0, 0.1) is 5.92 Å². The lowest BCUT2D eigenvalue weighted by Gasteiger charge is -2.39.